The zero-order chi connectivity index (χ0) is 17.8. The fourth-order valence-electron chi connectivity index (χ4n) is 2.77. The van der Waals surface area contributed by atoms with Gasteiger partial charge in [-0.1, -0.05) is 6.07 Å². The molecule has 1 aliphatic rings. The van der Waals surface area contributed by atoms with Crippen molar-refractivity contribution >= 4 is 28.6 Å². The fourth-order valence-corrected chi connectivity index (χ4v) is 3.51. The van der Waals surface area contributed by atoms with Crippen LogP contribution in [0.1, 0.15) is 28.2 Å². The molecule has 3 rings (SSSR count). The van der Waals surface area contributed by atoms with Gasteiger partial charge in [0.05, 0.1) is 24.2 Å². The number of ether oxygens (including phenoxy) is 1. The highest BCUT2D eigenvalue weighted by atomic mass is 32.1. The molecule has 1 saturated heterocycles. The van der Waals surface area contributed by atoms with Gasteiger partial charge < -0.3 is 15.0 Å². The first kappa shape index (κ1) is 17.4. The van der Waals surface area contributed by atoms with Crippen molar-refractivity contribution in [3.63, 3.8) is 0 Å². The minimum atomic E-state index is -0.440. The lowest BCUT2D eigenvalue weighted by Crippen LogP contribution is -2.36. The molecule has 0 spiro atoms. The molecule has 7 nitrogen and oxygen atoms in total. The number of hydrogen-bond acceptors (Lipinski definition) is 6. The molecule has 1 atom stereocenters. The summed E-state index contributed by atoms with van der Waals surface area (Å²) >= 11 is 1.56. The molecular weight excluding hydrogens is 342 g/mol. The van der Waals surface area contributed by atoms with Crippen molar-refractivity contribution in [2.45, 2.75) is 13.0 Å². The van der Waals surface area contributed by atoms with Gasteiger partial charge in [0.1, 0.15) is 5.69 Å². The van der Waals surface area contributed by atoms with E-state index in [2.05, 4.69) is 5.32 Å². The molecule has 0 saturated carbocycles. The average Bonchev–Trinajstić information content (AvgIpc) is 3.16. The monoisotopic (exact) mass is 361 g/mol. The average molecular weight is 361 g/mol. The van der Waals surface area contributed by atoms with E-state index < -0.39 is 4.92 Å². The lowest BCUT2D eigenvalue weighted by Gasteiger charge is -2.28. The van der Waals surface area contributed by atoms with Crippen LogP contribution < -0.4 is 10.2 Å². The molecule has 1 N–H and O–H groups in total. The number of thiophene rings is 1. The highest BCUT2D eigenvalue weighted by molar-refractivity contribution is 7.10. The molecule has 25 heavy (non-hydrogen) atoms. The Labute approximate surface area is 149 Å². The molecule has 132 valence electrons. The summed E-state index contributed by atoms with van der Waals surface area (Å²) in [5, 5.41) is 16.3. The molecule has 1 aliphatic heterocycles. The Bertz CT molecular complexity index is 757. The molecule has 1 amide bonds. The van der Waals surface area contributed by atoms with Crippen molar-refractivity contribution in [3.8, 4) is 0 Å². The van der Waals surface area contributed by atoms with Crippen LogP contribution in [0, 0.1) is 10.1 Å². The van der Waals surface area contributed by atoms with Crippen molar-refractivity contribution in [1.82, 2.24) is 5.32 Å². The van der Waals surface area contributed by atoms with E-state index in [1.165, 1.54) is 6.07 Å². The maximum absolute atomic E-state index is 12.5. The topological polar surface area (TPSA) is 84.7 Å². The van der Waals surface area contributed by atoms with Gasteiger partial charge in [-0.25, -0.2) is 0 Å². The van der Waals surface area contributed by atoms with Gasteiger partial charge in [-0.15, -0.1) is 11.3 Å². The van der Waals surface area contributed by atoms with Crippen LogP contribution in [0.4, 0.5) is 11.4 Å². The number of morpholine rings is 1. The maximum atomic E-state index is 12.5. The third-order valence-electron chi connectivity index (χ3n) is 4.10. The minimum Gasteiger partial charge on any atom is -0.378 e. The third-order valence-corrected chi connectivity index (χ3v) is 5.16. The minimum absolute atomic E-state index is 0.0571. The van der Waals surface area contributed by atoms with Crippen molar-refractivity contribution in [1.29, 1.82) is 0 Å². The standard InChI is InChI=1S/C17H19N3O4S/c1-12(16-3-2-10-25-16)18-17(21)13-4-5-14(15(11-13)20(22)23)19-6-8-24-9-7-19/h2-5,10-12H,6-9H2,1H3,(H,18,21)/t12-/m0/s1. The molecule has 1 aromatic carbocycles. The molecule has 1 aromatic heterocycles. The second-order valence-electron chi connectivity index (χ2n) is 5.77. The first-order valence-electron chi connectivity index (χ1n) is 8.01. The predicted molar refractivity (Wildman–Crippen MR) is 96.3 cm³/mol. The van der Waals surface area contributed by atoms with E-state index in [0.717, 1.165) is 4.88 Å². The van der Waals surface area contributed by atoms with Gasteiger partial charge in [0.15, 0.2) is 0 Å². The SMILES string of the molecule is C[C@H](NC(=O)c1ccc(N2CCOCC2)c([N+](=O)[O-])c1)c1cccs1. The Morgan fingerprint density at radius 2 is 2.12 bits per heavy atom. The molecule has 0 bridgehead atoms. The van der Waals surface area contributed by atoms with Crippen molar-refractivity contribution in [2.24, 2.45) is 0 Å². The van der Waals surface area contributed by atoms with Gasteiger partial charge in [-0.05, 0) is 30.5 Å². The summed E-state index contributed by atoms with van der Waals surface area (Å²) in [4.78, 5) is 26.4. The van der Waals surface area contributed by atoms with Crippen molar-refractivity contribution in [2.75, 3.05) is 31.2 Å². The molecule has 0 radical (unpaired) electrons. The lowest BCUT2D eigenvalue weighted by atomic mass is 10.1. The number of nitro groups is 1. The van der Waals surface area contributed by atoms with E-state index in [1.807, 2.05) is 29.3 Å². The van der Waals surface area contributed by atoms with Gasteiger partial charge in [-0.2, -0.15) is 0 Å². The van der Waals surface area contributed by atoms with Crippen LogP contribution >= 0.6 is 11.3 Å². The molecule has 2 aromatic rings. The van der Waals surface area contributed by atoms with Crippen molar-refractivity contribution < 1.29 is 14.5 Å². The van der Waals surface area contributed by atoms with Gasteiger partial charge in [0.2, 0.25) is 0 Å². The number of carbonyl (C=O) groups excluding carboxylic acids is 1. The molecule has 1 fully saturated rings. The van der Waals surface area contributed by atoms with E-state index in [-0.39, 0.29) is 23.2 Å². The molecular formula is C17H19N3O4S. The van der Waals surface area contributed by atoms with Gasteiger partial charge in [-0.3, -0.25) is 14.9 Å². The smallest absolute Gasteiger partial charge is 0.293 e. The second-order valence-corrected chi connectivity index (χ2v) is 6.75. The van der Waals surface area contributed by atoms with Crippen LogP contribution in [-0.4, -0.2) is 37.1 Å². The van der Waals surface area contributed by atoms with Crippen LogP contribution in [0.25, 0.3) is 0 Å². The number of nitrogens with one attached hydrogen (secondary N) is 1. The van der Waals surface area contributed by atoms with Crippen LogP contribution in [0.5, 0.6) is 0 Å². The summed E-state index contributed by atoms with van der Waals surface area (Å²) in [6, 6.07) is 8.35. The van der Waals surface area contributed by atoms with E-state index in [0.29, 0.717) is 32.0 Å². The van der Waals surface area contributed by atoms with Crippen LogP contribution in [0.15, 0.2) is 35.7 Å². The largest absolute Gasteiger partial charge is 0.378 e. The Hall–Kier alpha value is -2.45. The quantitative estimate of drug-likeness (QED) is 0.654. The highest BCUT2D eigenvalue weighted by Gasteiger charge is 2.23. The number of nitro benzene ring substituents is 1. The molecule has 2 heterocycles. The lowest BCUT2D eigenvalue weighted by molar-refractivity contribution is -0.384. The Morgan fingerprint density at radius 3 is 2.76 bits per heavy atom. The van der Waals surface area contributed by atoms with Gasteiger partial charge >= 0.3 is 0 Å². The number of carbonyl (C=O) groups is 1. The molecule has 0 unspecified atom stereocenters. The Morgan fingerprint density at radius 1 is 1.36 bits per heavy atom. The van der Waals surface area contributed by atoms with Crippen molar-refractivity contribution in [3.05, 3.63) is 56.3 Å². The molecule has 8 heteroatoms. The summed E-state index contributed by atoms with van der Waals surface area (Å²) in [5.74, 6) is -0.322. The maximum Gasteiger partial charge on any atom is 0.293 e. The number of anilines is 1. The van der Waals surface area contributed by atoms with Crippen LogP contribution in [0.3, 0.4) is 0 Å². The number of benzene rings is 1. The first-order valence-corrected chi connectivity index (χ1v) is 8.89. The number of rotatable bonds is 5. The van der Waals surface area contributed by atoms with E-state index in [9.17, 15) is 14.9 Å². The number of nitrogens with zero attached hydrogens (tertiary/aromatic N) is 2. The zero-order valence-corrected chi connectivity index (χ0v) is 14.6. The Balaban J connectivity index is 1.81. The summed E-state index contributed by atoms with van der Waals surface area (Å²) in [7, 11) is 0. The summed E-state index contributed by atoms with van der Waals surface area (Å²) in [5.41, 5.74) is 0.751. The van der Waals surface area contributed by atoms with Crippen LogP contribution in [0.2, 0.25) is 0 Å². The van der Waals surface area contributed by atoms with E-state index in [4.69, 9.17) is 4.74 Å². The predicted octanol–water partition coefficient (Wildman–Crippen LogP) is 2.98. The van der Waals surface area contributed by atoms with E-state index in [1.54, 1.807) is 23.5 Å². The zero-order valence-electron chi connectivity index (χ0n) is 13.8. The third kappa shape index (κ3) is 3.97. The summed E-state index contributed by atoms with van der Waals surface area (Å²) in [6.07, 6.45) is 0. The Kier molecular flexibility index (Phi) is 5.30. The molecule has 0 aliphatic carbocycles. The van der Waals surface area contributed by atoms with Gasteiger partial charge in [0, 0.05) is 29.6 Å². The summed E-state index contributed by atoms with van der Waals surface area (Å²) in [6.45, 7) is 4.17. The first-order chi connectivity index (χ1) is 12.1. The number of amides is 1. The van der Waals surface area contributed by atoms with Gasteiger partial charge in [0.25, 0.3) is 11.6 Å². The highest BCUT2D eigenvalue weighted by Crippen LogP contribution is 2.30. The number of hydrogen-bond donors (Lipinski definition) is 1. The fraction of sp³-hybridized carbons (Fsp3) is 0.353. The van der Waals surface area contributed by atoms with E-state index >= 15 is 0 Å². The normalized spacial score (nSPS) is 15.6. The van der Waals surface area contributed by atoms with Crippen LogP contribution in [-0.2, 0) is 4.74 Å². The summed E-state index contributed by atoms with van der Waals surface area (Å²) < 4.78 is 5.29. The second kappa shape index (κ2) is 7.62.